The van der Waals surface area contributed by atoms with E-state index >= 15 is 0 Å². The maximum absolute atomic E-state index is 13.2. The number of nitrogens with one attached hydrogen (secondary N) is 1. The van der Waals surface area contributed by atoms with Gasteiger partial charge in [0, 0.05) is 16.9 Å². The molecule has 3 aromatic carbocycles. The van der Waals surface area contributed by atoms with E-state index < -0.39 is 9.84 Å². The Morgan fingerprint density at radius 3 is 2.13 bits per heavy atom. The van der Waals surface area contributed by atoms with Crippen LogP contribution in [-0.4, -0.2) is 20.6 Å². The molecule has 0 radical (unpaired) electrons. The van der Waals surface area contributed by atoms with E-state index in [-0.39, 0.29) is 16.8 Å². The molecule has 0 fully saturated rings. The molecule has 0 aliphatic carbocycles. The second-order valence-electron chi connectivity index (χ2n) is 6.98. The van der Waals surface area contributed by atoms with Gasteiger partial charge in [0.25, 0.3) is 5.91 Å². The number of carbonyl (C=O) groups is 1. The molecule has 0 aliphatic heterocycles. The Hall–Kier alpha value is -2.89. The Labute approximate surface area is 182 Å². The van der Waals surface area contributed by atoms with Crippen molar-refractivity contribution in [3.63, 3.8) is 0 Å². The van der Waals surface area contributed by atoms with Crippen molar-refractivity contribution in [2.45, 2.75) is 17.9 Å². The van der Waals surface area contributed by atoms with Crippen LogP contribution in [0, 0.1) is 0 Å². The lowest BCUT2D eigenvalue weighted by atomic mass is 10.0. The van der Waals surface area contributed by atoms with E-state index in [9.17, 15) is 13.2 Å². The molecular weight excluding hydrogens is 418 g/mol. The number of halogens is 1. The van der Waals surface area contributed by atoms with Crippen molar-refractivity contribution in [2.24, 2.45) is 0 Å². The van der Waals surface area contributed by atoms with Crippen molar-refractivity contribution in [3.05, 3.63) is 101 Å². The average Bonchev–Trinajstić information content (AvgIpc) is 2.73. The summed E-state index contributed by atoms with van der Waals surface area (Å²) < 4.78 is 23.3. The zero-order chi connectivity index (χ0) is 21.7. The quantitative estimate of drug-likeness (QED) is 0.426. The summed E-state index contributed by atoms with van der Waals surface area (Å²) in [4.78, 5) is 13.4. The zero-order valence-corrected chi connectivity index (χ0v) is 18.2. The van der Waals surface area contributed by atoms with Crippen LogP contribution >= 0.6 is 11.6 Å². The normalized spacial score (nSPS) is 13.0. The van der Waals surface area contributed by atoms with Gasteiger partial charge < -0.3 is 5.32 Å². The molecule has 154 valence electrons. The van der Waals surface area contributed by atoms with E-state index in [1.54, 1.807) is 36.4 Å². The Kier molecular flexibility index (Phi) is 6.75. The van der Waals surface area contributed by atoms with Gasteiger partial charge in [-0.15, -0.1) is 0 Å². The first-order valence-electron chi connectivity index (χ1n) is 9.38. The fraction of sp³-hybridized carbons (Fsp3) is 0.125. The number of amides is 1. The van der Waals surface area contributed by atoms with Gasteiger partial charge in [0.1, 0.15) is 0 Å². The van der Waals surface area contributed by atoms with E-state index in [0.717, 1.165) is 16.7 Å². The molecule has 0 heterocycles. The SMILES string of the molecule is CC(NC(=O)/C(=C/c1ccccc1Cl)c1ccccc1)c1ccc(S(C)(=O)=O)cc1. The molecule has 1 atom stereocenters. The van der Waals surface area contributed by atoms with Gasteiger partial charge in [-0.1, -0.05) is 72.3 Å². The minimum absolute atomic E-state index is 0.244. The molecule has 6 heteroatoms. The molecule has 1 amide bonds. The summed E-state index contributed by atoms with van der Waals surface area (Å²) in [5, 5.41) is 3.55. The highest BCUT2D eigenvalue weighted by Gasteiger charge is 2.17. The van der Waals surface area contributed by atoms with Gasteiger partial charge in [0.2, 0.25) is 0 Å². The Morgan fingerprint density at radius 2 is 1.53 bits per heavy atom. The first-order chi connectivity index (χ1) is 14.3. The number of hydrogen-bond acceptors (Lipinski definition) is 3. The fourth-order valence-electron chi connectivity index (χ4n) is 3.01. The summed E-state index contributed by atoms with van der Waals surface area (Å²) >= 11 is 6.29. The molecule has 1 N–H and O–H groups in total. The van der Waals surface area contributed by atoms with Crippen molar-refractivity contribution >= 4 is 39.0 Å². The molecule has 3 rings (SSSR count). The Morgan fingerprint density at radius 1 is 0.933 bits per heavy atom. The van der Waals surface area contributed by atoms with Crippen LogP contribution in [0.2, 0.25) is 5.02 Å². The topological polar surface area (TPSA) is 63.2 Å². The second-order valence-corrected chi connectivity index (χ2v) is 9.40. The number of sulfone groups is 1. The molecule has 0 aromatic heterocycles. The maximum Gasteiger partial charge on any atom is 0.252 e. The van der Waals surface area contributed by atoms with Gasteiger partial charge in [0.15, 0.2) is 9.84 Å². The van der Waals surface area contributed by atoms with Crippen LogP contribution in [0.1, 0.15) is 29.7 Å². The minimum Gasteiger partial charge on any atom is -0.345 e. The molecule has 0 spiro atoms. The zero-order valence-electron chi connectivity index (χ0n) is 16.7. The standard InChI is InChI=1S/C24H22ClNO3S/c1-17(18-12-14-21(15-13-18)30(2,28)29)26-24(27)22(19-8-4-3-5-9-19)16-20-10-6-7-11-23(20)25/h3-17H,1-2H3,(H,26,27)/b22-16+. The summed E-state index contributed by atoms with van der Waals surface area (Å²) in [6, 6.07) is 22.9. The van der Waals surface area contributed by atoms with Crippen LogP contribution in [0.3, 0.4) is 0 Å². The number of benzene rings is 3. The van der Waals surface area contributed by atoms with Gasteiger partial charge in [-0.3, -0.25) is 4.79 Å². The predicted molar refractivity (Wildman–Crippen MR) is 122 cm³/mol. The van der Waals surface area contributed by atoms with Crippen LogP contribution in [0.25, 0.3) is 11.6 Å². The Bertz CT molecular complexity index is 1170. The summed E-state index contributed by atoms with van der Waals surface area (Å²) in [6.45, 7) is 1.85. The third kappa shape index (κ3) is 5.38. The Balaban J connectivity index is 1.89. The summed E-state index contributed by atoms with van der Waals surface area (Å²) in [6.07, 6.45) is 2.94. The molecule has 0 aliphatic rings. The van der Waals surface area contributed by atoms with Crippen LogP contribution in [0.5, 0.6) is 0 Å². The minimum atomic E-state index is -3.27. The molecule has 0 saturated heterocycles. The van der Waals surface area contributed by atoms with E-state index in [0.29, 0.717) is 10.6 Å². The summed E-state index contributed by atoms with van der Waals surface area (Å²) in [7, 11) is -3.27. The lowest BCUT2D eigenvalue weighted by molar-refractivity contribution is -0.116. The molecule has 30 heavy (non-hydrogen) atoms. The highest BCUT2D eigenvalue weighted by molar-refractivity contribution is 7.90. The van der Waals surface area contributed by atoms with E-state index in [2.05, 4.69) is 5.32 Å². The van der Waals surface area contributed by atoms with E-state index in [4.69, 9.17) is 11.6 Å². The van der Waals surface area contributed by atoms with Gasteiger partial charge >= 0.3 is 0 Å². The summed E-state index contributed by atoms with van der Waals surface area (Å²) in [5.41, 5.74) is 2.82. The third-order valence-corrected chi connectivity index (χ3v) is 6.16. The largest absolute Gasteiger partial charge is 0.345 e. The monoisotopic (exact) mass is 439 g/mol. The predicted octanol–water partition coefficient (Wildman–Crippen LogP) is 5.16. The third-order valence-electron chi connectivity index (χ3n) is 4.69. The molecule has 0 bridgehead atoms. The molecule has 1 unspecified atom stereocenters. The van der Waals surface area contributed by atoms with Crippen LogP contribution in [0.15, 0.2) is 83.8 Å². The van der Waals surface area contributed by atoms with Crippen molar-refractivity contribution in [1.82, 2.24) is 5.32 Å². The van der Waals surface area contributed by atoms with Gasteiger partial charge in [0.05, 0.1) is 10.9 Å². The first-order valence-corrected chi connectivity index (χ1v) is 11.6. The number of rotatable bonds is 6. The molecular formula is C24H22ClNO3S. The van der Waals surface area contributed by atoms with Crippen molar-refractivity contribution in [2.75, 3.05) is 6.26 Å². The second kappa shape index (κ2) is 9.28. The smallest absolute Gasteiger partial charge is 0.252 e. The van der Waals surface area contributed by atoms with E-state index in [1.165, 1.54) is 6.26 Å². The number of hydrogen-bond donors (Lipinski definition) is 1. The molecule has 0 saturated carbocycles. The highest BCUT2D eigenvalue weighted by Crippen LogP contribution is 2.24. The fourth-order valence-corrected chi connectivity index (χ4v) is 3.83. The van der Waals surface area contributed by atoms with Crippen molar-refractivity contribution in [3.8, 4) is 0 Å². The summed E-state index contributed by atoms with van der Waals surface area (Å²) in [5.74, 6) is -0.249. The van der Waals surface area contributed by atoms with E-state index in [1.807, 2.05) is 55.5 Å². The lowest BCUT2D eigenvalue weighted by Gasteiger charge is -2.17. The lowest BCUT2D eigenvalue weighted by Crippen LogP contribution is -2.27. The van der Waals surface area contributed by atoms with Crippen LogP contribution < -0.4 is 5.32 Å². The molecule has 3 aromatic rings. The maximum atomic E-state index is 13.2. The van der Waals surface area contributed by atoms with Crippen molar-refractivity contribution < 1.29 is 13.2 Å². The highest BCUT2D eigenvalue weighted by atomic mass is 35.5. The average molecular weight is 440 g/mol. The van der Waals surface area contributed by atoms with Crippen LogP contribution in [-0.2, 0) is 14.6 Å². The van der Waals surface area contributed by atoms with Crippen molar-refractivity contribution in [1.29, 1.82) is 0 Å². The van der Waals surface area contributed by atoms with Gasteiger partial charge in [-0.2, -0.15) is 0 Å². The number of carbonyl (C=O) groups excluding carboxylic acids is 1. The van der Waals surface area contributed by atoms with Gasteiger partial charge in [-0.25, -0.2) is 8.42 Å². The molecule has 4 nitrogen and oxygen atoms in total. The first kappa shape index (κ1) is 21.8. The van der Waals surface area contributed by atoms with Gasteiger partial charge in [-0.05, 0) is 47.9 Å². The van der Waals surface area contributed by atoms with Crippen LogP contribution in [0.4, 0.5) is 0 Å².